The van der Waals surface area contributed by atoms with E-state index < -0.39 is 0 Å². The van der Waals surface area contributed by atoms with Crippen LogP contribution in [0.4, 0.5) is 0 Å². The van der Waals surface area contributed by atoms with Crippen LogP contribution in [0.15, 0.2) is 24.3 Å². The highest BCUT2D eigenvalue weighted by atomic mass is 127. The van der Waals surface area contributed by atoms with Gasteiger partial charge in [0.1, 0.15) is 0 Å². The summed E-state index contributed by atoms with van der Waals surface area (Å²) in [6.07, 6.45) is 3.50. The van der Waals surface area contributed by atoms with Crippen molar-refractivity contribution in [1.82, 2.24) is 9.78 Å². The minimum atomic E-state index is 0.283. The summed E-state index contributed by atoms with van der Waals surface area (Å²) in [7, 11) is 0. The van der Waals surface area contributed by atoms with Gasteiger partial charge >= 0.3 is 0 Å². The lowest BCUT2D eigenvalue weighted by Gasteiger charge is -2.25. The van der Waals surface area contributed by atoms with Crippen LogP contribution in [0.5, 0.6) is 0 Å². The quantitative estimate of drug-likeness (QED) is 0.662. The number of benzene rings is 1. The van der Waals surface area contributed by atoms with Crippen molar-refractivity contribution in [2.24, 2.45) is 11.8 Å². The van der Waals surface area contributed by atoms with Crippen LogP contribution >= 0.6 is 22.6 Å². The number of ketones is 1. The maximum Gasteiger partial charge on any atom is 0.166 e. The number of carbonyl (C=O) groups excluding carboxylic acids is 1. The number of Topliss-reactive ketones (excluding diaryl/α,β-unsaturated/α-hetero) is 1. The Morgan fingerprint density at radius 1 is 1.26 bits per heavy atom. The van der Waals surface area contributed by atoms with E-state index in [-0.39, 0.29) is 5.78 Å². The molecule has 3 rings (SSSR count). The Bertz CT molecular complexity index is 716. The zero-order valence-electron chi connectivity index (χ0n) is 14.0. The van der Waals surface area contributed by atoms with Gasteiger partial charge in [0.25, 0.3) is 0 Å². The van der Waals surface area contributed by atoms with Crippen molar-refractivity contribution in [2.45, 2.75) is 46.5 Å². The molecule has 1 aromatic heterocycles. The second-order valence-corrected chi connectivity index (χ2v) is 7.99. The van der Waals surface area contributed by atoms with Gasteiger partial charge in [-0.05, 0) is 71.5 Å². The van der Waals surface area contributed by atoms with Gasteiger partial charge < -0.3 is 0 Å². The number of hydrogen-bond acceptors (Lipinski definition) is 2. The number of rotatable bonds is 4. The van der Waals surface area contributed by atoms with Gasteiger partial charge in [-0.15, -0.1) is 0 Å². The Hall–Kier alpha value is -1.17. The number of fused-ring (bicyclic) bond motifs is 1. The number of aryl methyl sites for hydroxylation is 1. The molecule has 1 aliphatic rings. The van der Waals surface area contributed by atoms with Gasteiger partial charge in [0.15, 0.2) is 5.78 Å². The Kier molecular flexibility index (Phi) is 4.90. The first-order valence-corrected chi connectivity index (χ1v) is 9.49. The maximum atomic E-state index is 12.7. The van der Waals surface area contributed by atoms with Crippen LogP contribution in [0.1, 0.15) is 55.4 Å². The molecule has 0 spiro atoms. The summed E-state index contributed by atoms with van der Waals surface area (Å²) in [5.74, 6) is 1.22. The molecular weight excluding hydrogens is 399 g/mol. The third kappa shape index (κ3) is 3.23. The zero-order chi connectivity index (χ0) is 16.6. The fourth-order valence-electron chi connectivity index (χ4n) is 3.35. The normalized spacial score (nSPS) is 17.6. The lowest BCUT2D eigenvalue weighted by Crippen LogP contribution is -2.25. The van der Waals surface area contributed by atoms with E-state index in [1.54, 1.807) is 0 Å². The highest BCUT2D eigenvalue weighted by Gasteiger charge is 2.33. The second kappa shape index (κ2) is 6.75. The van der Waals surface area contributed by atoms with Crippen LogP contribution in [0, 0.1) is 15.4 Å². The molecule has 122 valence electrons. The fourth-order valence-corrected chi connectivity index (χ4v) is 3.71. The highest BCUT2D eigenvalue weighted by Crippen LogP contribution is 2.33. The van der Waals surface area contributed by atoms with Crippen LogP contribution in [-0.2, 0) is 12.8 Å². The van der Waals surface area contributed by atoms with E-state index in [2.05, 4.69) is 67.6 Å². The van der Waals surface area contributed by atoms with Crippen molar-refractivity contribution in [3.05, 3.63) is 44.8 Å². The topological polar surface area (TPSA) is 34.9 Å². The summed E-state index contributed by atoms with van der Waals surface area (Å²) >= 11 is 2.31. The molecule has 0 aliphatic heterocycles. The van der Waals surface area contributed by atoms with E-state index in [0.29, 0.717) is 18.3 Å². The first-order chi connectivity index (χ1) is 11.0. The van der Waals surface area contributed by atoms with Crippen molar-refractivity contribution in [3.8, 4) is 5.69 Å². The van der Waals surface area contributed by atoms with Gasteiger partial charge in [-0.25, -0.2) is 4.68 Å². The lowest BCUT2D eigenvalue weighted by molar-refractivity contribution is 0.0931. The minimum absolute atomic E-state index is 0.283. The summed E-state index contributed by atoms with van der Waals surface area (Å²) in [6, 6.07) is 8.37. The highest BCUT2D eigenvalue weighted by molar-refractivity contribution is 14.1. The summed E-state index contributed by atoms with van der Waals surface area (Å²) in [5, 5.41) is 4.82. The Balaban J connectivity index is 2.12. The molecule has 0 saturated heterocycles. The molecule has 0 amide bonds. The van der Waals surface area contributed by atoms with Crippen LogP contribution in [0.25, 0.3) is 5.69 Å². The van der Waals surface area contributed by atoms with Crippen LogP contribution in [-0.4, -0.2) is 15.6 Å². The molecule has 0 radical (unpaired) electrons. The van der Waals surface area contributed by atoms with Crippen molar-refractivity contribution >= 4 is 28.4 Å². The van der Waals surface area contributed by atoms with Gasteiger partial charge in [-0.3, -0.25) is 4.79 Å². The summed E-state index contributed by atoms with van der Waals surface area (Å²) in [6.45, 7) is 6.56. The molecule has 0 fully saturated rings. The second-order valence-electron chi connectivity index (χ2n) is 6.74. The molecule has 0 N–H and O–H groups in total. The van der Waals surface area contributed by atoms with E-state index in [1.807, 2.05) is 4.68 Å². The minimum Gasteiger partial charge on any atom is -0.294 e. The van der Waals surface area contributed by atoms with Gasteiger partial charge in [0.2, 0.25) is 0 Å². The average Bonchev–Trinajstić information content (AvgIpc) is 2.87. The predicted molar refractivity (Wildman–Crippen MR) is 101 cm³/mol. The van der Waals surface area contributed by atoms with Crippen molar-refractivity contribution in [1.29, 1.82) is 0 Å². The SMILES string of the molecule is CCCc1nn(-c2ccc(I)cc2)c2c1C(=O)CC(C(C)C)C2. The van der Waals surface area contributed by atoms with Gasteiger partial charge in [-0.1, -0.05) is 27.2 Å². The lowest BCUT2D eigenvalue weighted by atomic mass is 9.79. The molecule has 3 nitrogen and oxygen atoms in total. The molecule has 2 aromatic rings. The monoisotopic (exact) mass is 422 g/mol. The molecular formula is C19H23IN2O. The smallest absolute Gasteiger partial charge is 0.166 e. The summed E-state index contributed by atoms with van der Waals surface area (Å²) in [5.41, 5.74) is 4.06. The van der Waals surface area contributed by atoms with E-state index in [9.17, 15) is 4.79 Å². The molecule has 1 atom stereocenters. The molecule has 0 saturated carbocycles. The first-order valence-electron chi connectivity index (χ1n) is 8.41. The molecule has 0 bridgehead atoms. The molecule has 1 heterocycles. The van der Waals surface area contributed by atoms with Gasteiger partial charge in [0, 0.05) is 9.99 Å². The molecule has 1 aromatic carbocycles. The van der Waals surface area contributed by atoms with Crippen molar-refractivity contribution < 1.29 is 4.79 Å². The van der Waals surface area contributed by atoms with E-state index in [0.717, 1.165) is 41.9 Å². The van der Waals surface area contributed by atoms with Crippen LogP contribution in [0.2, 0.25) is 0 Å². The van der Waals surface area contributed by atoms with Gasteiger partial charge in [0.05, 0.1) is 22.6 Å². The predicted octanol–water partition coefficient (Wildman–Crippen LogP) is 4.83. The standard InChI is InChI=1S/C19H23IN2O/c1-4-5-16-19-17(10-13(12(2)3)11-18(19)23)22(21-16)15-8-6-14(20)7-9-15/h6-9,12-13H,4-5,10-11H2,1-3H3. The summed E-state index contributed by atoms with van der Waals surface area (Å²) in [4.78, 5) is 12.7. The van der Waals surface area contributed by atoms with Crippen molar-refractivity contribution in [3.63, 3.8) is 0 Å². The van der Waals surface area contributed by atoms with E-state index in [4.69, 9.17) is 5.10 Å². The van der Waals surface area contributed by atoms with Crippen molar-refractivity contribution in [2.75, 3.05) is 0 Å². The third-order valence-corrected chi connectivity index (χ3v) is 5.46. The number of carbonyl (C=O) groups is 1. The molecule has 1 unspecified atom stereocenters. The Morgan fingerprint density at radius 3 is 2.57 bits per heavy atom. The number of hydrogen-bond donors (Lipinski definition) is 0. The number of nitrogens with zero attached hydrogens (tertiary/aromatic N) is 2. The molecule has 4 heteroatoms. The summed E-state index contributed by atoms with van der Waals surface area (Å²) < 4.78 is 3.22. The fraction of sp³-hybridized carbons (Fsp3) is 0.474. The van der Waals surface area contributed by atoms with Crippen LogP contribution < -0.4 is 0 Å². The zero-order valence-corrected chi connectivity index (χ0v) is 16.1. The van der Waals surface area contributed by atoms with E-state index >= 15 is 0 Å². The Morgan fingerprint density at radius 2 is 1.96 bits per heavy atom. The van der Waals surface area contributed by atoms with E-state index in [1.165, 1.54) is 3.57 Å². The molecule has 1 aliphatic carbocycles. The third-order valence-electron chi connectivity index (χ3n) is 4.74. The number of aromatic nitrogens is 2. The number of halogens is 1. The Labute approximate surface area is 151 Å². The van der Waals surface area contributed by atoms with Gasteiger partial charge in [-0.2, -0.15) is 5.10 Å². The molecule has 23 heavy (non-hydrogen) atoms. The average molecular weight is 422 g/mol. The largest absolute Gasteiger partial charge is 0.294 e. The first kappa shape index (κ1) is 16.7. The maximum absolute atomic E-state index is 12.7. The van der Waals surface area contributed by atoms with Crippen LogP contribution in [0.3, 0.4) is 0 Å².